The summed E-state index contributed by atoms with van der Waals surface area (Å²) < 4.78 is 29.5. The Labute approximate surface area is 369 Å². The predicted octanol–water partition coefficient (Wildman–Crippen LogP) is 4.12. The van der Waals surface area contributed by atoms with Crippen LogP contribution in [0.5, 0.6) is 0 Å². The molecule has 0 spiro atoms. The van der Waals surface area contributed by atoms with Crippen molar-refractivity contribution in [3.05, 3.63) is 23.4 Å². The fraction of sp³-hybridized carbons (Fsp3) is 0.763. The van der Waals surface area contributed by atoms with E-state index in [2.05, 4.69) is 45.5 Å². The highest BCUT2D eigenvalue weighted by Gasteiger charge is 2.45. The number of carbonyl (C=O) groups is 4. The van der Waals surface area contributed by atoms with Crippen LogP contribution in [-0.4, -0.2) is 107 Å². The summed E-state index contributed by atoms with van der Waals surface area (Å²) in [4.78, 5) is 52.8. The molecule has 2 heterocycles. The molecular formula is C38H68Cl2N10O11. The van der Waals surface area contributed by atoms with Crippen molar-refractivity contribution in [3.63, 3.8) is 0 Å². The van der Waals surface area contributed by atoms with Crippen LogP contribution in [0.3, 0.4) is 0 Å². The third-order valence-corrected chi connectivity index (χ3v) is 9.00. The van der Waals surface area contributed by atoms with Crippen molar-refractivity contribution in [2.24, 2.45) is 57.9 Å². The molecule has 8 unspecified atom stereocenters. The number of nitrogens with two attached hydrogens (primary N) is 3. The molecule has 21 nitrogen and oxygen atoms in total. The number of rotatable bonds is 10. The minimum atomic E-state index is -0.491. The first-order valence-electron chi connectivity index (χ1n) is 19.6. The quantitative estimate of drug-likeness (QED) is 0.0488. The molecule has 0 radical (unpaired) electrons. The summed E-state index contributed by atoms with van der Waals surface area (Å²) >= 11 is 0. The topological polar surface area (TPSA) is 318 Å². The molecule has 61 heavy (non-hydrogen) atoms. The summed E-state index contributed by atoms with van der Waals surface area (Å²) in [6.45, 7) is 18.5. The normalized spacial score (nSPS) is 23.7. The van der Waals surface area contributed by atoms with Gasteiger partial charge >= 0.3 is 24.1 Å². The number of ether oxygens (including phenoxy) is 4. The number of alkyl carbamates (subject to hydrolysis) is 2. The van der Waals surface area contributed by atoms with Gasteiger partial charge in [-0.3, -0.25) is 9.59 Å². The molecule has 350 valence electrons. The van der Waals surface area contributed by atoms with Gasteiger partial charge in [-0.1, -0.05) is 15.5 Å². The van der Waals surface area contributed by atoms with Gasteiger partial charge in [-0.25, -0.2) is 9.59 Å². The molecule has 4 fully saturated rings. The third kappa shape index (κ3) is 22.8. The van der Waals surface area contributed by atoms with Gasteiger partial charge in [0, 0.05) is 24.9 Å². The summed E-state index contributed by atoms with van der Waals surface area (Å²) in [7, 11) is 2.78. The van der Waals surface area contributed by atoms with E-state index in [4.69, 9.17) is 40.9 Å². The molecule has 8 atom stereocenters. The van der Waals surface area contributed by atoms with E-state index in [-0.39, 0.29) is 72.4 Å². The van der Waals surface area contributed by atoms with Crippen LogP contribution in [0.1, 0.15) is 109 Å². The summed E-state index contributed by atoms with van der Waals surface area (Å²) in [6, 6.07) is 0. The molecule has 6 rings (SSSR count). The van der Waals surface area contributed by atoms with Gasteiger partial charge < -0.3 is 61.0 Å². The van der Waals surface area contributed by atoms with Gasteiger partial charge in [-0.15, -0.1) is 24.8 Å². The molecule has 0 saturated heterocycles. The zero-order valence-corrected chi connectivity index (χ0v) is 38.7. The highest BCUT2D eigenvalue weighted by atomic mass is 35.5. The Balaban J connectivity index is 0.000000769. The van der Waals surface area contributed by atoms with E-state index < -0.39 is 17.3 Å². The first-order chi connectivity index (χ1) is 27.6. The maximum absolute atomic E-state index is 11.5. The van der Waals surface area contributed by atoms with Gasteiger partial charge in [0.25, 0.3) is 0 Å². The Bertz CT molecular complexity index is 1680. The van der Waals surface area contributed by atoms with E-state index in [9.17, 15) is 19.2 Å². The largest absolute Gasteiger partial charge is 0.469 e. The fourth-order valence-electron chi connectivity index (χ4n) is 5.43. The van der Waals surface area contributed by atoms with Gasteiger partial charge in [-0.2, -0.15) is 9.97 Å². The molecule has 2 amide bonds. The number of oxime groups is 1. The van der Waals surface area contributed by atoms with E-state index in [0.717, 1.165) is 38.1 Å². The second-order valence-electron chi connectivity index (χ2n) is 16.8. The van der Waals surface area contributed by atoms with Gasteiger partial charge in [0.1, 0.15) is 17.0 Å². The Morgan fingerprint density at radius 2 is 1.07 bits per heavy atom. The van der Waals surface area contributed by atoms with Crippen LogP contribution in [0.25, 0.3) is 0 Å². The Kier molecular flexibility index (Phi) is 24.2. The van der Waals surface area contributed by atoms with Crippen LogP contribution in [0.2, 0.25) is 0 Å². The van der Waals surface area contributed by atoms with E-state index in [1.165, 1.54) is 21.1 Å². The smallest absolute Gasteiger partial charge is 0.407 e. The molecule has 4 saturated carbocycles. The number of hydrogen-bond acceptors (Lipinski definition) is 18. The molecule has 0 bridgehead atoms. The van der Waals surface area contributed by atoms with Crippen LogP contribution in [-0.2, 0) is 28.5 Å². The second kappa shape index (κ2) is 26.1. The van der Waals surface area contributed by atoms with Crippen molar-refractivity contribution < 1.29 is 52.4 Å². The van der Waals surface area contributed by atoms with Crippen molar-refractivity contribution >= 4 is 54.8 Å². The number of nitrogens with one attached hydrogen (secondary N) is 2. The zero-order valence-electron chi connectivity index (χ0n) is 37.1. The van der Waals surface area contributed by atoms with Crippen LogP contribution in [0, 0.1) is 49.4 Å². The van der Waals surface area contributed by atoms with E-state index in [1.54, 1.807) is 27.7 Å². The molecule has 4 aliphatic carbocycles. The van der Waals surface area contributed by atoms with Crippen molar-refractivity contribution in [1.29, 1.82) is 0 Å². The Hall–Kier alpha value is -4.47. The fourth-order valence-corrected chi connectivity index (χ4v) is 5.43. The molecule has 4 aliphatic rings. The standard InChI is InChI=1S/C12H19N3O3.C11H19NO4.C7H11N3O.C6H11NO2.C2H6N2O.2ClH/c1-7-14-10(18-15-7)9-5-8(9)6-13-11(16)17-12(2,3)4;1-11(2,3)16-10(14)12-6-7-5-8(7)9(13)15-4;1-4-9-7(11-10-4)6-2-5(6)3-8;1-9-6(8)5-2-4(5)3-7;1-2(3)4-5;;/h8-9H,5-6H2,1-4H3,(H,13,16);7-8H,5-6H2,1-4H3,(H,12,14);5-6H,2-3,8H2,1H3;4-5H,2-3,7H2,1H3;5H,1H3,(H2,3,4);2*1H. The summed E-state index contributed by atoms with van der Waals surface area (Å²) in [5.74, 6) is 5.00. The highest BCUT2D eigenvalue weighted by Crippen LogP contribution is 2.46. The number of carbonyl (C=O) groups excluding carboxylic acids is 4. The van der Waals surface area contributed by atoms with E-state index in [1.807, 2.05) is 27.7 Å². The number of methoxy groups -OCH3 is 2. The number of amides is 2. The minimum Gasteiger partial charge on any atom is -0.469 e. The molecule has 23 heteroatoms. The Morgan fingerprint density at radius 3 is 1.38 bits per heavy atom. The van der Waals surface area contributed by atoms with Gasteiger partial charge in [-0.05, 0) is 125 Å². The van der Waals surface area contributed by atoms with Gasteiger partial charge in [0.15, 0.2) is 11.6 Å². The third-order valence-electron chi connectivity index (χ3n) is 9.00. The van der Waals surface area contributed by atoms with Crippen molar-refractivity contribution in [2.45, 2.75) is 111 Å². The zero-order chi connectivity index (χ0) is 44.7. The lowest BCUT2D eigenvalue weighted by atomic mass is 10.2. The van der Waals surface area contributed by atoms with Gasteiger partial charge in [0.05, 0.1) is 26.1 Å². The molecule has 0 aliphatic heterocycles. The number of hydrogen-bond donors (Lipinski definition) is 6. The molecule has 2 aromatic rings. The first kappa shape index (κ1) is 56.5. The summed E-state index contributed by atoms with van der Waals surface area (Å²) in [5, 5.41) is 23.1. The number of aromatic nitrogens is 4. The minimum absolute atomic E-state index is 0. The van der Waals surface area contributed by atoms with Crippen molar-refractivity contribution in [2.75, 3.05) is 40.4 Å². The lowest BCUT2D eigenvalue weighted by Crippen LogP contribution is -2.33. The average Bonchev–Trinajstić information content (AvgIpc) is 4.03. The lowest BCUT2D eigenvalue weighted by Gasteiger charge is -2.19. The average molecular weight is 912 g/mol. The predicted molar refractivity (Wildman–Crippen MR) is 227 cm³/mol. The van der Waals surface area contributed by atoms with Crippen molar-refractivity contribution in [1.82, 2.24) is 30.9 Å². The second-order valence-corrected chi connectivity index (χ2v) is 16.8. The van der Waals surface area contributed by atoms with E-state index in [0.29, 0.717) is 60.8 Å². The maximum atomic E-state index is 11.5. The molecule has 0 aromatic carbocycles. The maximum Gasteiger partial charge on any atom is 0.407 e. The van der Waals surface area contributed by atoms with Gasteiger partial charge in [0.2, 0.25) is 11.8 Å². The number of amidine groups is 1. The lowest BCUT2D eigenvalue weighted by molar-refractivity contribution is -0.143. The summed E-state index contributed by atoms with van der Waals surface area (Å²) in [5.41, 5.74) is 14.6. The SMILES string of the molecule is CC(N)=NO.COC(=O)C1CC1CN.COC(=O)C1CC1CNC(=O)OC(C)(C)C.Cc1noc(C2CC2CN)n1.Cc1noc(C2CC2CNC(=O)OC(C)(C)C)n1.Cl.Cl. The first-order valence-corrected chi connectivity index (χ1v) is 19.6. The molecule has 9 N–H and O–H groups in total. The van der Waals surface area contributed by atoms with Crippen LogP contribution in [0.15, 0.2) is 14.2 Å². The summed E-state index contributed by atoms with van der Waals surface area (Å²) in [6.07, 6.45) is 2.96. The van der Waals surface area contributed by atoms with Crippen LogP contribution < -0.4 is 27.8 Å². The van der Waals surface area contributed by atoms with Crippen molar-refractivity contribution in [3.8, 4) is 0 Å². The monoisotopic (exact) mass is 910 g/mol. The molecular weight excluding hydrogens is 843 g/mol. The Morgan fingerprint density at radius 1 is 0.705 bits per heavy atom. The van der Waals surface area contributed by atoms with E-state index >= 15 is 0 Å². The number of aryl methyl sites for hydroxylation is 2. The number of halogens is 2. The van der Waals surface area contributed by atoms with Crippen LogP contribution >= 0.6 is 24.8 Å². The highest BCUT2D eigenvalue weighted by molar-refractivity contribution is 5.85. The number of nitrogens with zero attached hydrogens (tertiary/aromatic N) is 5. The number of esters is 2. The van der Waals surface area contributed by atoms with Crippen LogP contribution in [0.4, 0.5) is 9.59 Å². The molecule has 2 aromatic heterocycles.